The number of para-hydroxylation sites is 3. The Morgan fingerprint density at radius 3 is 2.16 bits per heavy atom. The predicted octanol–water partition coefficient (Wildman–Crippen LogP) is 7.57. The average Bonchev–Trinajstić information content (AvgIpc) is 2.81. The van der Waals surface area contributed by atoms with Gasteiger partial charge >= 0.3 is 0 Å². The maximum Gasteiger partial charge on any atom is 0.153 e. The lowest BCUT2D eigenvalue weighted by molar-refractivity contribution is 0.452. The quantitative estimate of drug-likeness (QED) is 0.326. The standard InChI is InChI=1S/C29H27NO2/c1-21-18-22(28(31)25(19-21)29(2,3)23-12-6-4-7-13-23)20-30-26-16-10-11-17-27(26)32-24-14-8-5-9-15-24/h4-20,31H,1-3H3. The van der Waals surface area contributed by atoms with Crippen LogP contribution in [0.2, 0.25) is 0 Å². The van der Waals surface area contributed by atoms with Gasteiger partial charge in [-0.1, -0.05) is 80.6 Å². The summed E-state index contributed by atoms with van der Waals surface area (Å²) < 4.78 is 6.01. The van der Waals surface area contributed by atoms with Gasteiger partial charge in [-0.05, 0) is 48.4 Å². The summed E-state index contributed by atoms with van der Waals surface area (Å²) in [5.41, 5.74) is 4.11. The minimum absolute atomic E-state index is 0.245. The molecule has 1 N–H and O–H groups in total. The molecule has 0 bridgehead atoms. The lowest BCUT2D eigenvalue weighted by atomic mass is 9.76. The number of hydrogen-bond donors (Lipinski definition) is 1. The third-order valence-electron chi connectivity index (χ3n) is 5.63. The second-order valence-corrected chi connectivity index (χ2v) is 8.38. The molecule has 0 radical (unpaired) electrons. The van der Waals surface area contributed by atoms with E-state index in [-0.39, 0.29) is 11.2 Å². The van der Waals surface area contributed by atoms with E-state index in [4.69, 9.17) is 4.74 Å². The Morgan fingerprint density at radius 2 is 1.44 bits per heavy atom. The van der Waals surface area contributed by atoms with Gasteiger partial charge in [-0.15, -0.1) is 0 Å². The maximum atomic E-state index is 11.2. The van der Waals surface area contributed by atoms with Crippen molar-refractivity contribution in [1.29, 1.82) is 0 Å². The fourth-order valence-electron chi connectivity index (χ4n) is 3.80. The SMILES string of the molecule is Cc1cc(C=Nc2ccccc2Oc2ccccc2)c(O)c(C(C)(C)c2ccccc2)c1. The van der Waals surface area contributed by atoms with Crippen LogP contribution >= 0.6 is 0 Å². The normalized spacial score (nSPS) is 11.6. The molecule has 0 fully saturated rings. The molecular formula is C29H27NO2. The molecule has 0 heterocycles. The Hall–Kier alpha value is -3.85. The summed E-state index contributed by atoms with van der Waals surface area (Å²) >= 11 is 0. The predicted molar refractivity (Wildman–Crippen MR) is 132 cm³/mol. The van der Waals surface area contributed by atoms with Crippen molar-refractivity contribution in [1.82, 2.24) is 0 Å². The van der Waals surface area contributed by atoms with Gasteiger partial charge in [0.25, 0.3) is 0 Å². The number of benzene rings is 4. The van der Waals surface area contributed by atoms with Crippen LogP contribution in [0.1, 0.15) is 36.1 Å². The van der Waals surface area contributed by atoms with E-state index < -0.39 is 0 Å². The fraction of sp³-hybridized carbons (Fsp3) is 0.138. The summed E-state index contributed by atoms with van der Waals surface area (Å²) in [4.78, 5) is 4.66. The Kier molecular flexibility index (Phi) is 6.09. The molecule has 0 saturated heterocycles. The molecule has 0 aliphatic carbocycles. The number of nitrogens with zero attached hydrogens (tertiary/aromatic N) is 1. The highest BCUT2D eigenvalue weighted by molar-refractivity contribution is 5.87. The highest BCUT2D eigenvalue weighted by atomic mass is 16.5. The van der Waals surface area contributed by atoms with Crippen molar-refractivity contribution in [3.63, 3.8) is 0 Å². The summed E-state index contributed by atoms with van der Waals surface area (Å²) in [5, 5.41) is 11.2. The van der Waals surface area contributed by atoms with Crippen LogP contribution in [-0.4, -0.2) is 11.3 Å². The number of aromatic hydroxyl groups is 1. The number of phenolic OH excluding ortho intramolecular Hbond substituents is 1. The molecule has 3 nitrogen and oxygen atoms in total. The first-order valence-electron chi connectivity index (χ1n) is 10.7. The van der Waals surface area contributed by atoms with Crippen LogP contribution in [0, 0.1) is 6.92 Å². The number of aliphatic imine (C=N–C) groups is 1. The first-order valence-corrected chi connectivity index (χ1v) is 10.7. The van der Waals surface area contributed by atoms with E-state index >= 15 is 0 Å². The van der Waals surface area contributed by atoms with E-state index in [1.54, 1.807) is 6.21 Å². The van der Waals surface area contributed by atoms with Crippen molar-refractivity contribution in [3.05, 3.63) is 119 Å². The van der Waals surface area contributed by atoms with E-state index in [2.05, 4.69) is 31.0 Å². The lowest BCUT2D eigenvalue weighted by Crippen LogP contribution is -2.19. The van der Waals surface area contributed by atoms with Crippen molar-refractivity contribution in [2.75, 3.05) is 0 Å². The van der Waals surface area contributed by atoms with Gasteiger partial charge in [0.1, 0.15) is 17.2 Å². The van der Waals surface area contributed by atoms with Gasteiger partial charge < -0.3 is 9.84 Å². The van der Waals surface area contributed by atoms with Crippen LogP contribution in [0.3, 0.4) is 0 Å². The van der Waals surface area contributed by atoms with Crippen LogP contribution < -0.4 is 4.74 Å². The van der Waals surface area contributed by atoms with Crippen LogP contribution in [0.15, 0.2) is 102 Å². The zero-order valence-electron chi connectivity index (χ0n) is 18.6. The fourth-order valence-corrected chi connectivity index (χ4v) is 3.80. The Balaban J connectivity index is 1.69. The third-order valence-corrected chi connectivity index (χ3v) is 5.63. The van der Waals surface area contributed by atoms with Crippen LogP contribution in [0.25, 0.3) is 0 Å². The summed E-state index contributed by atoms with van der Waals surface area (Å²) in [6.45, 7) is 6.29. The van der Waals surface area contributed by atoms with E-state index in [9.17, 15) is 5.11 Å². The van der Waals surface area contributed by atoms with E-state index in [0.29, 0.717) is 17.0 Å². The smallest absolute Gasteiger partial charge is 0.153 e. The minimum Gasteiger partial charge on any atom is -0.507 e. The topological polar surface area (TPSA) is 41.8 Å². The Morgan fingerprint density at radius 1 is 0.812 bits per heavy atom. The molecule has 0 aliphatic heterocycles. The van der Waals surface area contributed by atoms with Crippen molar-refractivity contribution >= 4 is 11.9 Å². The van der Waals surface area contributed by atoms with Gasteiger partial charge in [0.15, 0.2) is 5.75 Å². The van der Waals surface area contributed by atoms with Crippen molar-refractivity contribution in [3.8, 4) is 17.2 Å². The van der Waals surface area contributed by atoms with Crippen molar-refractivity contribution in [2.45, 2.75) is 26.2 Å². The molecule has 0 unspecified atom stereocenters. The molecule has 4 aromatic rings. The van der Waals surface area contributed by atoms with Gasteiger partial charge in [0.05, 0.1) is 0 Å². The van der Waals surface area contributed by atoms with Gasteiger partial charge in [-0.25, -0.2) is 0 Å². The zero-order valence-corrected chi connectivity index (χ0v) is 18.6. The maximum absolute atomic E-state index is 11.2. The summed E-state index contributed by atoms with van der Waals surface area (Å²) in [6, 6.07) is 31.5. The number of rotatable bonds is 6. The van der Waals surface area contributed by atoms with Crippen LogP contribution in [-0.2, 0) is 5.41 Å². The number of hydrogen-bond acceptors (Lipinski definition) is 3. The first kappa shape index (κ1) is 21.4. The summed E-state index contributed by atoms with van der Waals surface area (Å²) in [7, 11) is 0. The summed E-state index contributed by atoms with van der Waals surface area (Å²) in [6.07, 6.45) is 1.71. The second-order valence-electron chi connectivity index (χ2n) is 8.38. The summed E-state index contributed by atoms with van der Waals surface area (Å²) in [5.74, 6) is 1.65. The molecule has 4 rings (SSSR count). The Bertz CT molecular complexity index is 1230. The lowest BCUT2D eigenvalue weighted by Gasteiger charge is -2.28. The number of aryl methyl sites for hydroxylation is 1. The van der Waals surface area contributed by atoms with Crippen LogP contribution in [0.4, 0.5) is 5.69 Å². The zero-order chi connectivity index (χ0) is 22.6. The molecule has 0 atom stereocenters. The van der Waals surface area contributed by atoms with E-state index in [0.717, 1.165) is 22.4 Å². The highest BCUT2D eigenvalue weighted by Gasteiger charge is 2.27. The number of phenols is 1. The van der Waals surface area contributed by atoms with Gasteiger partial charge in [0.2, 0.25) is 0 Å². The first-order chi connectivity index (χ1) is 15.4. The van der Waals surface area contributed by atoms with Gasteiger partial charge in [0, 0.05) is 22.8 Å². The largest absolute Gasteiger partial charge is 0.507 e. The van der Waals surface area contributed by atoms with Gasteiger partial charge in [-0.2, -0.15) is 0 Å². The molecule has 32 heavy (non-hydrogen) atoms. The monoisotopic (exact) mass is 421 g/mol. The molecule has 0 aliphatic rings. The molecule has 3 heteroatoms. The average molecular weight is 422 g/mol. The van der Waals surface area contributed by atoms with Crippen molar-refractivity contribution in [2.24, 2.45) is 4.99 Å². The Labute approximate surface area is 189 Å². The van der Waals surface area contributed by atoms with E-state index in [1.807, 2.05) is 91.9 Å². The molecule has 0 saturated carbocycles. The molecule has 4 aromatic carbocycles. The van der Waals surface area contributed by atoms with E-state index in [1.165, 1.54) is 0 Å². The number of ether oxygens (including phenoxy) is 1. The van der Waals surface area contributed by atoms with Gasteiger partial charge in [-0.3, -0.25) is 4.99 Å². The molecule has 0 aromatic heterocycles. The highest BCUT2D eigenvalue weighted by Crippen LogP contribution is 2.39. The van der Waals surface area contributed by atoms with Crippen molar-refractivity contribution < 1.29 is 9.84 Å². The molecule has 0 amide bonds. The molecular weight excluding hydrogens is 394 g/mol. The third kappa shape index (κ3) is 4.57. The second kappa shape index (κ2) is 9.11. The van der Waals surface area contributed by atoms with Crippen LogP contribution in [0.5, 0.6) is 17.2 Å². The molecule has 160 valence electrons. The minimum atomic E-state index is -0.353. The molecule has 0 spiro atoms.